The van der Waals surface area contributed by atoms with Crippen LogP contribution in [-0.2, 0) is 9.59 Å². The second kappa shape index (κ2) is 7.11. The van der Waals surface area contributed by atoms with Gasteiger partial charge in [0.25, 0.3) is 0 Å². The highest BCUT2D eigenvalue weighted by atomic mass is 16.4. The van der Waals surface area contributed by atoms with Gasteiger partial charge in [0.05, 0.1) is 6.42 Å². The highest BCUT2D eigenvalue weighted by molar-refractivity contribution is 5.86. The van der Waals surface area contributed by atoms with Gasteiger partial charge >= 0.3 is 18.0 Å². The lowest BCUT2D eigenvalue weighted by atomic mass is 10.2. The molecule has 2 atom stereocenters. The van der Waals surface area contributed by atoms with Crippen LogP contribution in [0.15, 0.2) is 0 Å². The summed E-state index contributed by atoms with van der Waals surface area (Å²) >= 11 is 0. The van der Waals surface area contributed by atoms with E-state index in [1.165, 1.54) is 0 Å². The van der Waals surface area contributed by atoms with Crippen molar-refractivity contribution < 1.29 is 24.6 Å². The van der Waals surface area contributed by atoms with Crippen molar-refractivity contribution in [2.45, 2.75) is 31.8 Å². The zero-order chi connectivity index (χ0) is 13.4. The minimum Gasteiger partial charge on any atom is -0.481 e. The van der Waals surface area contributed by atoms with E-state index in [0.29, 0.717) is 6.42 Å². The van der Waals surface area contributed by atoms with Crippen LogP contribution in [0.2, 0.25) is 0 Å². The summed E-state index contributed by atoms with van der Waals surface area (Å²) in [4.78, 5) is 32.3. The number of carboxylic acids is 2. The summed E-state index contributed by atoms with van der Waals surface area (Å²) in [7, 11) is 0. The molecule has 0 bridgehead atoms. The number of urea groups is 1. The molecule has 0 saturated carbocycles. The molecule has 2 unspecified atom stereocenters. The molecule has 0 rings (SSSR count). The summed E-state index contributed by atoms with van der Waals surface area (Å²) in [6.07, 6.45) is 4.63. The predicted octanol–water partition coefficient (Wildman–Crippen LogP) is -0.375. The second-order valence-corrected chi connectivity index (χ2v) is 3.42. The molecule has 0 aliphatic carbocycles. The highest BCUT2D eigenvalue weighted by Crippen LogP contribution is 1.94. The normalized spacial score (nSPS) is 12.9. The molecule has 0 spiro atoms. The standard InChI is InChI=1S/C10H14N2O5/c1-3-4-6(2)11-10(17)12-7(9(15)16)5-8(13)14/h1,6-7H,4-5H2,2H3,(H,13,14)(H,15,16)(H2,11,12,17). The Morgan fingerprint density at radius 3 is 2.29 bits per heavy atom. The zero-order valence-electron chi connectivity index (χ0n) is 9.27. The van der Waals surface area contributed by atoms with Crippen molar-refractivity contribution in [1.29, 1.82) is 0 Å². The van der Waals surface area contributed by atoms with Gasteiger partial charge in [0, 0.05) is 12.5 Å². The Morgan fingerprint density at radius 2 is 1.88 bits per heavy atom. The van der Waals surface area contributed by atoms with Crippen LogP contribution >= 0.6 is 0 Å². The van der Waals surface area contributed by atoms with E-state index in [4.69, 9.17) is 16.6 Å². The molecular formula is C10H14N2O5. The van der Waals surface area contributed by atoms with E-state index < -0.39 is 30.4 Å². The highest BCUT2D eigenvalue weighted by Gasteiger charge is 2.23. The van der Waals surface area contributed by atoms with Crippen LogP contribution in [-0.4, -0.2) is 40.3 Å². The summed E-state index contributed by atoms with van der Waals surface area (Å²) in [6.45, 7) is 1.65. The Bertz CT molecular complexity index is 347. The molecule has 94 valence electrons. The SMILES string of the molecule is C#CCC(C)NC(=O)NC(CC(=O)O)C(=O)O. The van der Waals surface area contributed by atoms with Crippen molar-refractivity contribution in [2.24, 2.45) is 0 Å². The molecule has 0 aromatic carbocycles. The van der Waals surface area contributed by atoms with E-state index in [0.717, 1.165) is 0 Å². The van der Waals surface area contributed by atoms with Crippen LogP contribution in [0.1, 0.15) is 19.8 Å². The first-order valence-corrected chi connectivity index (χ1v) is 4.82. The third-order valence-corrected chi connectivity index (χ3v) is 1.78. The Labute approximate surface area is 98.2 Å². The Balaban J connectivity index is 4.27. The number of hydrogen-bond acceptors (Lipinski definition) is 3. The number of rotatable bonds is 6. The third kappa shape index (κ3) is 6.78. The van der Waals surface area contributed by atoms with Crippen molar-refractivity contribution in [1.82, 2.24) is 10.6 Å². The molecule has 4 N–H and O–H groups in total. The molecule has 0 aliphatic heterocycles. The maximum absolute atomic E-state index is 11.3. The summed E-state index contributed by atoms with van der Waals surface area (Å²) in [5.74, 6) is -0.393. The number of hydrogen-bond donors (Lipinski definition) is 4. The minimum absolute atomic E-state index is 0.296. The van der Waals surface area contributed by atoms with E-state index in [1.54, 1.807) is 6.92 Å². The summed E-state index contributed by atoms with van der Waals surface area (Å²) in [5, 5.41) is 21.5. The van der Waals surface area contributed by atoms with Crippen molar-refractivity contribution in [3.63, 3.8) is 0 Å². The fourth-order valence-electron chi connectivity index (χ4n) is 1.03. The number of aliphatic carboxylic acids is 2. The molecule has 2 amide bonds. The van der Waals surface area contributed by atoms with Gasteiger partial charge in [-0.1, -0.05) is 0 Å². The van der Waals surface area contributed by atoms with Crippen LogP contribution in [0, 0.1) is 12.3 Å². The Kier molecular flexibility index (Phi) is 6.18. The smallest absolute Gasteiger partial charge is 0.326 e. The number of amides is 2. The van der Waals surface area contributed by atoms with Crippen LogP contribution in [0.4, 0.5) is 4.79 Å². The molecule has 0 aromatic heterocycles. The van der Waals surface area contributed by atoms with Crippen LogP contribution in [0.3, 0.4) is 0 Å². The molecule has 0 saturated heterocycles. The van der Waals surface area contributed by atoms with Gasteiger partial charge in [-0.3, -0.25) is 4.79 Å². The fourth-order valence-corrected chi connectivity index (χ4v) is 1.03. The first-order valence-electron chi connectivity index (χ1n) is 4.82. The number of nitrogens with one attached hydrogen (secondary N) is 2. The van der Waals surface area contributed by atoms with Crippen molar-refractivity contribution in [3.8, 4) is 12.3 Å². The zero-order valence-corrected chi connectivity index (χ0v) is 9.27. The summed E-state index contributed by atoms with van der Waals surface area (Å²) < 4.78 is 0. The molecule has 7 heteroatoms. The number of terminal acetylenes is 1. The molecule has 0 heterocycles. The molecule has 0 fully saturated rings. The van der Waals surface area contributed by atoms with Gasteiger partial charge in [-0.15, -0.1) is 12.3 Å². The lowest BCUT2D eigenvalue weighted by molar-refractivity contribution is -0.145. The molecule has 0 aromatic rings. The lowest BCUT2D eigenvalue weighted by Crippen LogP contribution is -2.49. The monoisotopic (exact) mass is 242 g/mol. The number of carboxylic acid groups (broad SMARTS) is 2. The quantitative estimate of drug-likeness (QED) is 0.474. The molecular weight excluding hydrogens is 228 g/mol. The lowest BCUT2D eigenvalue weighted by Gasteiger charge is -2.15. The van der Waals surface area contributed by atoms with E-state index >= 15 is 0 Å². The van der Waals surface area contributed by atoms with Gasteiger partial charge in [-0.25, -0.2) is 9.59 Å². The van der Waals surface area contributed by atoms with E-state index in [1.807, 2.05) is 5.32 Å². The van der Waals surface area contributed by atoms with Crippen LogP contribution < -0.4 is 10.6 Å². The van der Waals surface area contributed by atoms with Crippen LogP contribution in [0.5, 0.6) is 0 Å². The van der Waals surface area contributed by atoms with Gasteiger partial charge in [0.2, 0.25) is 0 Å². The van der Waals surface area contributed by atoms with Gasteiger partial charge in [0.15, 0.2) is 0 Å². The fraction of sp³-hybridized carbons (Fsp3) is 0.500. The largest absolute Gasteiger partial charge is 0.481 e. The Morgan fingerprint density at radius 1 is 1.29 bits per heavy atom. The predicted molar refractivity (Wildman–Crippen MR) is 58.3 cm³/mol. The number of carbonyl (C=O) groups excluding carboxylic acids is 1. The van der Waals surface area contributed by atoms with E-state index in [-0.39, 0.29) is 6.04 Å². The first-order chi connectivity index (χ1) is 7.86. The molecule has 0 aliphatic rings. The van der Waals surface area contributed by atoms with Gasteiger partial charge in [-0.2, -0.15) is 0 Å². The van der Waals surface area contributed by atoms with E-state index in [9.17, 15) is 14.4 Å². The number of carbonyl (C=O) groups is 3. The van der Waals surface area contributed by atoms with Crippen molar-refractivity contribution in [2.75, 3.05) is 0 Å². The third-order valence-electron chi connectivity index (χ3n) is 1.78. The maximum atomic E-state index is 11.3. The molecule has 0 radical (unpaired) electrons. The topological polar surface area (TPSA) is 116 Å². The van der Waals surface area contributed by atoms with Gasteiger partial charge in [-0.05, 0) is 6.92 Å². The molecule has 17 heavy (non-hydrogen) atoms. The van der Waals surface area contributed by atoms with Crippen molar-refractivity contribution in [3.05, 3.63) is 0 Å². The first kappa shape index (κ1) is 14.8. The van der Waals surface area contributed by atoms with E-state index in [2.05, 4.69) is 11.2 Å². The Hall–Kier alpha value is -2.23. The van der Waals surface area contributed by atoms with Crippen LogP contribution in [0.25, 0.3) is 0 Å². The minimum atomic E-state index is -1.47. The molecule has 7 nitrogen and oxygen atoms in total. The summed E-state index contributed by atoms with van der Waals surface area (Å²) in [6, 6.07) is -2.55. The average molecular weight is 242 g/mol. The average Bonchev–Trinajstić information content (AvgIpc) is 2.15. The second-order valence-electron chi connectivity index (χ2n) is 3.42. The van der Waals surface area contributed by atoms with Gasteiger partial charge < -0.3 is 20.8 Å². The van der Waals surface area contributed by atoms with Gasteiger partial charge in [0.1, 0.15) is 6.04 Å². The van der Waals surface area contributed by atoms with Crippen molar-refractivity contribution >= 4 is 18.0 Å². The summed E-state index contributed by atoms with van der Waals surface area (Å²) in [5.41, 5.74) is 0. The maximum Gasteiger partial charge on any atom is 0.326 e.